The molecule has 0 spiro atoms. The molecule has 0 bridgehead atoms. The van der Waals surface area contributed by atoms with Gasteiger partial charge in [-0.1, -0.05) is 6.07 Å². The monoisotopic (exact) mass is 217 g/mol. The summed E-state index contributed by atoms with van der Waals surface area (Å²) in [6.45, 7) is 0. The lowest BCUT2D eigenvalue weighted by atomic mass is 10.1. The summed E-state index contributed by atoms with van der Waals surface area (Å²) in [6.07, 6.45) is 1.58. The number of furan rings is 1. The number of carbonyl (C=O) groups is 1. The number of anilines is 1. The van der Waals surface area contributed by atoms with Gasteiger partial charge >= 0.3 is 5.97 Å². The second kappa shape index (κ2) is 4.10. The van der Waals surface area contributed by atoms with Crippen LogP contribution in [0.2, 0.25) is 0 Å². The van der Waals surface area contributed by atoms with Gasteiger partial charge in [0.2, 0.25) is 0 Å². The molecule has 16 heavy (non-hydrogen) atoms. The van der Waals surface area contributed by atoms with Crippen LogP contribution < -0.4 is 5.73 Å². The second-order valence-electron chi connectivity index (χ2n) is 3.27. The van der Waals surface area contributed by atoms with Crippen molar-refractivity contribution in [3.05, 3.63) is 42.2 Å². The number of esters is 1. The number of carbonyl (C=O) groups excluding carboxylic acids is 1. The van der Waals surface area contributed by atoms with Crippen LogP contribution >= 0.6 is 0 Å². The average Bonchev–Trinajstić information content (AvgIpc) is 2.81. The molecule has 0 saturated heterocycles. The van der Waals surface area contributed by atoms with E-state index in [4.69, 9.17) is 10.2 Å². The number of ether oxygens (including phenoxy) is 1. The van der Waals surface area contributed by atoms with Crippen LogP contribution in [0, 0.1) is 0 Å². The molecule has 0 aliphatic rings. The number of nitrogen functional groups attached to an aromatic ring is 1. The second-order valence-corrected chi connectivity index (χ2v) is 3.27. The zero-order chi connectivity index (χ0) is 11.5. The van der Waals surface area contributed by atoms with Gasteiger partial charge in [-0.15, -0.1) is 0 Å². The Morgan fingerprint density at radius 3 is 2.75 bits per heavy atom. The van der Waals surface area contributed by atoms with E-state index in [0.29, 0.717) is 17.0 Å². The molecule has 1 heterocycles. The van der Waals surface area contributed by atoms with Crippen LogP contribution in [-0.4, -0.2) is 13.1 Å². The minimum absolute atomic E-state index is 0.359. The molecular weight excluding hydrogens is 206 g/mol. The van der Waals surface area contributed by atoms with E-state index >= 15 is 0 Å². The van der Waals surface area contributed by atoms with E-state index in [2.05, 4.69) is 4.74 Å². The van der Waals surface area contributed by atoms with Gasteiger partial charge in [-0.25, -0.2) is 4.79 Å². The molecule has 0 atom stereocenters. The maximum absolute atomic E-state index is 11.3. The summed E-state index contributed by atoms with van der Waals surface area (Å²) < 4.78 is 9.83. The third-order valence-corrected chi connectivity index (χ3v) is 2.26. The van der Waals surface area contributed by atoms with Gasteiger partial charge in [0.25, 0.3) is 0 Å². The van der Waals surface area contributed by atoms with Crippen molar-refractivity contribution in [2.24, 2.45) is 0 Å². The zero-order valence-corrected chi connectivity index (χ0v) is 8.77. The molecule has 0 amide bonds. The molecule has 0 fully saturated rings. The van der Waals surface area contributed by atoms with E-state index in [9.17, 15) is 4.79 Å². The Morgan fingerprint density at radius 1 is 1.38 bits per heavy atom. The first-order valence-electron chi connectivity index (χ1n) is 4.74. The Morgan fingerprint density at radius 2 is 2.19 bits per heavy atom. The van der Waals surface area contributed by atoms with Crippen molar-refractivity contribution >= 4 is 11.7 Å². The minimum Gasteiger partial charge on any atom is -0.465 e. The molecular formula is C12H11NO3. The van der Waals surface area contributed by atoms with E-state index in [1.54, 1.807) is 30.5 Å². The summed E-state index contributed by atoms with van der Waals surface area (Å²) in [4.78, 5) is 11.3. The lowest BCUT2D eigenvalue weighted by Gasteiger charge is -2.05. The van der Waals surface area contributed by atoms with Crippen molar-refractivity contribution in [3.8, 4) is 11.3 Å². The number of nitrogens with two attached hydrogens (primary N) is 1. The first-order valence-corrected chi connectivity index (χ1v) is 4.74. The fraction of sp³-hybridized carbons (Fsp3) is 0.0833. The smallest absolute Gasteiger partial charge is 0.339 e. The number of rotatable bonds is 2. The number of hydrogen-bond donors (Lipinski definition) is 1. The largest absolute Gasteiger partial charge is 0.465 e. The van der Waals surface area contributed by atoms with Gasteiger partial charge in [0.05, 0.1) is 18.9 Å². The van der Waals surface area contributed by atoms with E-state index < -0.39 is 5.97 Å². The lowest BCUT2D eigenvalue weighted by Crippen LogP contribution is -2.05. The number of hydrogen-bond acceptors (Lipinski definition) is 4. The zero-order valence-electron chi connectivity index (χ0n) is 8.77. The summed E-state index contributed by atoms with van der Waals surface area (Å²) in [7, 11) is 1.32. The highest BCUT2D eigenvalue weighted by Gasteiger charge is 2.11. The van der Waals surface area contributed by atoms with Gasteiger partial charge in [0.15, 0.2) is 0 Å². The molecule has 2 rings (SSSR count). The van der Waals surface area contributed by atoms with E-state index in [-0.39, 0.29) is 0 Å². The van der Waals surface area contributed by atoms with Gasteiger partial charge in [0, 0.05) is 11.3 Å². The SMILES string of the molecule is COC(=O)c1ccc(-c2ccco2)cc1N. The van der Waals surface area contributed by atoms with Crippen molar-refractivity contribution in [3.63, 3.8) is 0 Å². The van der Waals surface area contributed by atoms with Crippen molar-refractivity contribution in [1.82, 2.24) is 0 Å². The Kier molecular flexibility index (Phi) is 2.64. The molecule has 0 unspecified atom stereocenters. The average molecular weight is 217 g/mol. The Bertz CT molecular complexity index is 503. The number of methoxy groups -OCH3 is 1. The molecule has 2 N–H and O–H groups in total. The van der Waals surface area contributed by atoms with Crippen LogP contribution in [0.4, 0.5) is 5.69 Å². The molecule has 4 nitrogen and oxygen atoms in total. The summed E-state index contributed by atoms with van der Waals surface area (Å²) >= 11 is 0. The predicted molar refractivity (Wildman–Crippen MR) is 59.9 cm³/mol. The maximum atomic E-state index is 11.3. The lowest BCUT2D eigenvalue weighted by molar-refractivity contribution is 0.0602. The quantitative estimate of drug-likeness (QED) is 0.619. The highest BCUT2D eigenvalue weighted by Crippen LogP contribution is 2.24. The van der Waals surface area contributed by atoms with Crippen molar-refractivity contribution in [2.75, 3.05) is 12.8 Å². The Labute approximate surface area is 92.6 Å². The highest BCUT2D eigenvalue weighted by molar-refractivity contribution is 5.95. The maximum Gasteiger partial charge on any atom is 0.339 e. The topological polar surface area (TPSA) is 65.5 Å². The van der Waals surface area contributed by atoms with Crippen LogP contribution in [0.3, 0.4) is 0 Å². The first-order chi connectivity index (χ1) is 7.72. The van der Waals surface area contributed by atoms with Crippen molar-refractivity contribution in [1.29, 1.82) is 0 Å². The third kappa shape index (κ3) is 1.77. The molecule has 0 aliphatic heterocycles. The number of benzene rings is 1. The van der Waals surface area contributed by atoms with Crippen LogP contribution in [0.1, 0.15) is 10.4 Å². The molecule has 0 saturated carbocycles. The summed E-state index contributed by atoms with van der Waals surface area (Å²) in [5.74, 6) is 0.270. The molecule has 82 valence electrons. The van der Waals surface area contributed by atoms with Crippen LogP contribution in [0.5, 0.6) is 0 Å². The van der Waals surface area contributed by atoms with Crippen LogP contribution in [0.15, 0.2) is 41.0 Å². The standard InChI is InChI=1S/C12H11NO3/c1-15-12(14)9-5-4-8(7-10(9)13)11-3-2-6-16-11/h2-7H,13H2,1H3. The Balaban J connectivity index is 2.41. The molecule has 2 aromatic rings. The summed E-state index contributed by atoms with van der Waals surface area (Å²) in [5.41, 5.74) is 7.33. The van der Waals surface area contributed by atoms with Gasteiger partial charge in [-0.3, -0.25) is 0 Å². The van der Waals surface area contributed by atoms with E-state index in [1.807, 2.05) is 6.07 Å². The van der Waals surface area contributed by atoms with Crippen molar-refractivity contribution < 1.29 is 13.9 Å². The van der Waals surface area contributed by atoms with Gasteiger partial charge < -0.3 is 14.9 Å². The van der Waals surface area contributed by atoms with Crippen LogP contribution in [-0.2, 0) is 4.74 Å². The fourth-order valence-electron chi connectivity index (χ4n) is 1.45. The first kappa shape index (κ1) is 10.3. The normalized spacial score (nSPS) is 10.1. The predicted octanol–water partition coefficient (Wildman–Crippen LogP) is 2.32. The highest BCUT2D eigenvalue weighted by atomic mass is 16.5. The molecule has 0 radical (unpaired) electrons. The molecule has 1 aromatic heterocycles. The van der Waals surface area contributed by atoms with Gasteiger partial charge in [-0.2, -0.15) is 0 Å². The van der Waals surface area contributed by atoms with Gasteiger partial charge in [-0.05, 0) is 24.3 Å². The summed E-state index contributed by atoms with van der Waals surface area (Å²) in [5, 5.41) is 0. The molecule has 0 aliphatic carbocycles. The van der Waals surface area contributed by atoms with Gasteiger partial charge in [0.1, 0.15) is 5.76 Å². The molecule has 1 aromatic carbocycles. The van der Waals surface area contributed by atoms with E-state index in [1.165, 1.54) is 7.11 Å². The van der Waals surface area contributed by atoms with E-state index in [0.717, 1.165) is 5.56 Å². The fourth-order valence-corrected chi connectivity index (χ4v) is 1.45. The van der Waals surface area contributed by atoms with Crippen LogP contribution in [0.25, 0.3) is 11.3 Å². The third-order valence-electron chi connectivity index (χ3n) is 2.26. The van der Waals surface area contributed by atoms with Crippen molar-refractivity contribution in [2.45, 2.75) is 0 Å². The molecule has 4 heteroatoms. The summed E-state index contributed by atoms with van der Waals surface area (Å²) in [6, 6.07) is 8.69. The Hall–Kier alpha value is -2.23. The minimum atomic E-state index is -0.441.